The average Bonchev–Trinajstić information content (AvgIpc) is 2.84. The first-order valence-corrected chi connectivity index (χ1v) is 12.8. The Hall–Kier alpha value is -2.55. The third-order valence-electron chi connectivity index (χ3n) is 4.88. The Morgan fingerprint density at radius 2 is 1.60 bits per heavy atom. The lowest BCUT2D eigenvalue weighted by molar-refractivity contribution is -0.121. The molecule has 0 bridgehead atoms. The number of hydrazine groups is 1. The molecule has 0 aliphatic rings. The fourth-order valence-corrected chi connectivity index (χ4v) is 3.61. The summed E-state index contributed by atoms with van der Waals surface area (Å²) in [6.45, 7) is 3.14. The highest BCUT2D eigenvalue weighted by Gasteiger charge is 2.09. The first-order chi connectivity index (χ1) is 16.9. The number of ether oxygens (including phenoxy) is 2. The predicted molar refractivity (Wildman–Crippen MR) is 143 cm³/mol. The number of carbonyl (C=O) groups is 2. The van der Waals surface area contributed by atoms with E-state index in [1.807, 2.05) is 0 Å². The van der Waals surface area contributed by atoms with Crippen LogP contribution < -0.4 is 25.6 Å². The fraction of sp³-hybridized carbons (Fsp3) is 0.400. The van der Waals surface area contributed by atoms with Crippen molar-refractivity contribution in [3.05, 3.63) is 58.1 Å². The van der Waals surface area contributed by atoms with Crippen LogP contribution in [0.5, 0.6) is 11.5 Å². The molecule has 0 atom stereocenters. The molecule has 0 aliphatic carbocycles. The number of thiocarbonyl (C=S) groups is 1. The van der Waals surface area contributed by atoms with Crippen LogP contribution in [0.3, 0.4) is 0 Å². The van der Waals surface area contributed by atoms with Gasteiger partial charge in [-0.3, -0.25) is 25.8 Å². The third kappa shape index (κ3) is 11.6. The molecule has 2 aromatic rings. The van der Waals surface area contributed by atoms with Gasteiger partial charge in [0.05, 0.1) is 18.2 Å². The zero-order valence-corrected chi connectivity index (χ0v) is 22.0. The summed E-state index contributed by atoms with van der Waals surface area (Å²) in [5, 5.41) is 3.43. The molecule has 10 heteroatoms. The fourth-order valence-electron chi connectivity index (χ4n) is 3.00. The third-order valence-corrected chi connectivity index (χ3v) is 5.61. The average molecular weight is 541 g/mol. The van der Waals surface area contributed by atoms with Crippen LogP contribution in [0.1, 0.15) is 62.2 Å². The second kappa shape index (κ2) is 16.2. The van der Waals surface area contributed by atoms with Crippen LogP contribution in [-0.4, -0.2) is 30.1 Å². The second-order valence-corrected chi connectivity index (χ2v) is 9.02. The van der Waals surface area contributed by atoms with E-state index >= 15 is 0 Å². The summed E-state index contributed by atoms with van der Waals surface area (Å²) < 4.78 is 11.2. The van der Waals surface area contributed by atoms with Crippen molar-refractivity contribution < 1.29 is 19.1 Å². The van der Waals surface area contributed by atoms with E-state index in [1.54, 1.807) is 42.5 Å². The van der Waals surface area contributed by atoms with E-state index in [2.05, 4.69) is 23.1 Å². The van der Waals surface area contributed by atoms with Crippen molar-refractivity contribution in [1.29, 1.82) is 0 Å². The van der Waals surface area contributed by atoms with Crippen molar-refractivity contribution in [1.82, 2.24) is 16.2 Å². The number of unbranched alkanes of at least 4 members (excludes halogenated alkanes) is 4. The van der Waals surface area contributed by atoms with Crippen LogP contribution in [0, 0.1) is 0 Å². The highest BCUT2D eigenvalue weighted by molar-refractivity contribution is 7.80. The van der Waals surface area contributed by atoms with Crippen LogP contribution in [0.4, 0.5) is 0 Å². The van der Waals surface area contributed by atoms with E-state index in [9.17, 15) is 9.59 Å². The summed E-state index contributed by atoms with van der Waals surface area (Å²) in [4.78, 5) is 24.3. The number of carbonyl (C=O) groups excluding carboxylic acids is 2. The van der Waals surface area contributed by atoms with Gasteiger partial charge in [-0.1, -0.05) is 55.8 Å². The minimum atomic E-state index is -0.392. The zero-order chi connectivity index (χ0) is 25.5. The molecular weight excluding hydrogens is 509 g/mol. The van der Waals surface area contributed by atoms with Gasteiger partial charge in [0, 0.05) is 17.0 Å². The van der Waals surface area contributed by atoms with Crippen molar-refractivity contribution in [3.8, 4) is 11.5 Å². The molecule has 0 aromatic heterocycles. The van der Waals surface area contributed by atoms with Crippen LogP contribution in [-0.2, 0) is 4.79 Å². The Bertz CT molecular complexity index is 974. The van der Waals surface area contributed by atoms with E-state index in [1.165, 1.54) is 19.3 Å². The van der Waals surface area contributed by atoms with E-state index in [0.717, 1.165) is 12.8 Å². The topological polar surface area (TPSA) is 88.7 Å². The monoisotopic (exact) mass is 539 g/mol. The van der Waals surface area contributed by atoms with Crippen molar-refractivity contribution in [2.75, 3.05) is 13.2 Å². The predicted octanol–water partition coefficient (Wildman–Crippen LogP) is 5.84. The van der Waals surface area contributed by atoms with Gasteiger partial charge in [0.2, 0.25) is 5.91 Å². The van der Waals surface area contributed by atoms with Gasteiger partial charge in [-0.25, -0.2) is 0 Å². The SMILES string of the molecule is CCCCCCCOc1ccc(C(=O)NC(=S)NNC(=O)CCCOc2ccc(Cl)cc2Cl)cc1. The Morgan fingerprint density at radius 3 is 2.31 bits per heavy atom. The number of nitrogens with one attached hydrogen (secondary N) is 3. The normalized spacial score (nSPS) is 10.4. The first-order valence-electron chi connectivity index (χ1n) is 11.6. The molecule has 3 N–H and O–H groups in total. The molecule has 35 heavy (non-hydrogen) atoms. The van der Waals surface area contributed by atoms with Gasteiger partial charge in [0.1, 0.15) is 11.5 Å². The van der Waals surface area contributed by atoms with Gasteiger partial charge >= 0.3 is 0 Å². The van der Waals surface area contributed by atoms with Gasteiger partial charge in [-0.15, -0.1) is 0 Å². The van der Waals surface area contributed by atoms with E-state index in [0.29, 0.717) is 46.7 Å². The summed E-state index contributed by atoms with van der Waals surface area (Å²) in [7, 11) is 0. The Morgan fingerprint density at radius 1 is 0.886 bits per heavy atom. The molecule has 0 saturated heterocycles. The lowest BCUT2D eigenvalue weighted by atomic mass is 10.2. The summed E-state index contributed by atoms with van der Waals surface area (Å²) >= 11 is 16.9. The molecule has 190 valence electrons. The van der Waals surface area contributed by atoms with Crippen LogP contribution in [0.15, 0.2) is 42.5 Å². The number of hydrogen-bond donors (Lipinski definition) is 3. The van der Waals surface area contributed by atoms with Crippen molar-refractivity contribution in [2.45, 2.75) is 51.9 Å². The molecule has 0 fully saturated rings. The second-order valence-electron chi connectivity index (χ2n) is 7.77. The van der Waals surface area contributed by atoms with Crippen LogP contribution in [0.25, 0.3) is 0 Å². The quantitative estimate of drug-likeness (QED) is 0.168. The summed E-state index contributed by atoms with van der Waals surface area (Å²) in [6.07, 6.45) is 6.50. The Kier molecular flexibility index (Phi) is 13.3. The lowest BCUT2D eigenvalue weighted by Crippen LogP contribution is -2.48. The number of amides is 2. The molecule has 0 radical (unpaired) electrons. The molecule has 7 nitrogen and oxygen atoms in total. The summed E-state index contributed by atoms with van der Waals surface area (Å²) in [6, 6.07) is 11.8. The first kappa shape index (κ1) is 28.7. The summed E-state index contributed by atoms with van der Waals surface area (Å²) in [5.41, 5.74) is 5.38. The molecule has 0 spiro atoms. The molecule has 0 unspecified atom stereocenters. The summed E-state index contributed by atoms with van der Waals surface area (Å²) in [5.74, 6) is 0.521. The highest BCUT2D eigenvalue weighted by atomic mass is 35.5. The molecular formula is C25H31Cl2N3O4S. The number of hydrogen-bond acceptors (Lipinski definition) is 5. The van der Waals surface area contributed by atoms with Gasteiger partial charge in [-0.2, -0.15) is 0 Å². The molecule has 2 rings (SSSR count). The molecule has 0 saturated carbocycles. The van der Waals surface area contributed by atoms with E-state index < -0.39 is 5.91 Å². The maximum Gasteiger partial charge on any atom is 0.257 e. The van der Waals surface area contributed by atoms with Crippen molar-refractivity contribution in [3.63, 3.8) is 0 Å². The van der Waals surface area contributed by atoms with Gasteiger partial charge in [0.25, 0.3) is 5.91 Å². The minimum Gasteiger partial charge on any atom is -0.494 e. The Balaban J connectivity index is 1.60. The molecule has 0 aliphatic heterocycles. The lowest BCUT2D eigenvalue weighted by Gasteiger charge is -2.12. The number of halogens is 2. The standard InChI is InChI=1S/C25H31Cl2N3O4S/c1-2-3-4-5-6-15-33-20-12-9-18(10-13-20)24(32)28-25(35)30-29-23(31)8-7-16-34-22-14-11-19(26)17-21(22)27/h9-14,17H,2-8,15-16H2,1H3,(H,29,31)(H2,28,30,32,35). The smallest absolute Gasteiger partial charge is 0.257 e. The molecule has 2 amide bonds. The van der Waals surface area contributed by atoms with Gasteiger partial charge in [-0.05, 0) is 67.5 Å². The van der Waals surface area contributed by atoms with Crippen LogP contribution >= 0.6 is 35.4 Å². The number of benzene rings is 2. The van der Waals surface area contributed by atoms with Crippen molar-refractivity contribution in [2.24, 2.45) is 0 Å². The maximum absolute atomic E-state index is 12.3. The van der Waals surface area contributed by atoms with Gasteiger partial charge < -0.3 is 9.47 Å². The highest BCUT2D eigenvalue weighted by Crippen LogP contribution is 2.27. The number of rotatable bonds is 13. The minimum absolute atomic E-state index is 0.0139. The van der Waals surface area contributed by atoms with Crippen molar-refractivity contribution >= 4 is 52.3 Å². The Labute approximate surface area is 221 Å². The van der Waals surface area contributed by atoms with E-state index in [4.69, 9.17) is 44.9 Å². The van der Waals surface area contributed by atoms with Crippen LogP contribution in [0.2, 0.25) is 10.0 Å². The van der Waals surface area contributed by atoms with Gasteiger partial charge in [0.15, 0.2) is 5.11 Å². The van der Waals surface area contributed by atoms with E-state index in [-0.39, 0.29) is 17.4 Å². The molecule has 0 heterocycles. The largest absolute Gasteiger partial charge is 0.494 e. The maximum atomic E-state index is 12.3. The molecule has 2 aromatic carbocycles. The zero-order valence-electron chi connectivity index (χ0n) is 19.7.